The molecule has 0 aliphatic carbocycles. The summed E-state index contributed by atoms with van der Waals surface area (Å²) in [4.78, 5) is 34.8. The molecule has 94 valence electrons. The first kappa shape index (κ1) is 12.1. The topological polar surface area (TPSA) is 101 Å². The molecule has 1 atom stereocenters. The Balaban J connectivity index is 2.19. The van der Waals surface area contributed by atoms with E-state index >= 15 is 0 Å². The first-order valence-corrected chi connectivity index (χ1v) is 5.42. The maximum absolute atomic E-state index is 11.7. The van der Waals surface area contributed by atoms with Gasteiger partial charge in [-0.3, -0.25) is 14.4 Å². The molecule has 0 radical (unpaired) electrons. The average Bonchev–Trinajstić information content (AvgIpc) is 2.71. The molecule has 1 saturated heterocycles. The lowest BCUT2D eigenvalue weighted by Gasteiger charge is -2.16. The van der Waals surface area contributed by atoms with Crippen LogP contribution in [-0.2, 0) is 9.59 Å². The summed E-state index contributed by atoms with van der Waals surface area (Å²) in [6, 6.07) is 6.20. The summed E-state index contributed by atoms with van der Waals surface area (Å²) in [5.41, 5.74) is 6.03. The molecule has 1 aromatic carbocycles. The van der Waals surface area contributed by atoms with Gasteiger partial charge in [-0.25, -0.2) is 0 Å². The van der Waals surface area contributed by atoms with E-state index in [2.05, 4.69) is 0 Å². The van der Waals surface area contributed by atoms with Crippen molar-refractivity contribution < 1.29 is 19.5 Å². The molecule has 6 nitrogen and oxygen atoms in total. The van der Waals surface area contributed by atoms with Crippen LogP contribution in [0.3, 0.4) is 0 Å². The van der Waals surface area contributed by atoms with Crippen molar-refractivity contribution >= 4 is 23.5 Å². The lowest BCUT2D eigenvalue weighted by molar-refractivity contribution is -0.141. The minimum absolute atomic E-state index is 0.00685. The van der Waals surface area contributed by atoms with Gasteiger partial charge in [0.15, 0.2) is 0 Å². The predicted molar refractivity (Wildman–Crippen MR) is 63.1 cm³/mol. The van der Waals surface area contributed by atoms with Crippen LogP contribution in [0.1, 0.15) is 16.8 Å². The molecule has 18 heavy (non-hydrogen) atoms. The van der Waals surface area contributed by atoms with E-state index in [0.29, 0.717) is 11.3 Å². The molecule has 2 rings (SSSR count). The Kier molecular flexibility index (Phi) is 3.01. The third-order valence-electron chi connectivity index (χ3n) is 2.94. The first-order chi connectivity index (χ1) is 8.49. The van der Waals surface area contributed by atoms with Gasteiger partial charge in [0.05, 0.1) is 5.92 Å². The highest BCUT2D eigenvalue weighted by Gasteiger charge is 2.34. The summed E-state index contributed by atoms with van der Waals surface area (Å²) in [5, 5.41) is 8.87. The second kappa shape index (κ2) is 4.48. The van der Waals surface area contributed by atoms with Crippen LogP contribution in [0.5, 0.6) is 0 Å². The summed E-state index contributed by atoms with van der Waals surface area (Å²) in [6.07, 6.45) is 0.00685. The molecular weight excluding hydrogens is 236 g/mol. The van der Waals surface area contributed by atoms with Crippen molar-refractivity contribution in [2.75, 3.05) is 11.4 Å². The standard InChI is InChI=1S/C12H12N2O4/c13-11(16)7-1-3-9(4-2-7)14-6-8(12(17)18)5-10(14)15/h1-4,8H,5-6H2,(H2,13,16)(H,17,18)/t8-/m0/s1. The van der Waals surface area contributed by atoms with E-state index in [-0.39, 0.29) is 18.9 Å². The number of carbonyl (C=O) groups excluding carboxylic acids is 2. The molecule has 1 fully saturated rings. The van der Waals surface area contributed by atoms with Crippen molar-refractivity contribution in [3.05, 3.63) is 29.8 Å². The maximum Gasteiger partial charge on any atom is 0.308 e. The molecule has 0 bridgehead atoms. The second-order valence-corrected chi connectivity index (χ2v) is 4.15. The number of primary amides is 1. The molecule has 3 N–H and O–H groups in total. The van der Waals surface area contributed by atoms with Crippen LogP contribution in [0.4, 0.5) is 5.69 Å². The number of nitrogens with two attached hydrogens (primary N) is 1. The fourth-order valence-corrected chi connectivity index (χ4v) is 1.93. The Morgan fingerprint density at radius 3 is 2.33 bits per heavy atom. The molecule has 0 spiro atoms. The number of benzene rings is 1. The molecule has 1 aromatic rings. The maximum atomic E-state index is 11.7. The zero-order valence-electron chi connectivity index (χ0n) is 9.50. The Labute approximate surface area is 103 Å². The molecular formula is C12H12N2O4. The van der Waals surface area contributed by atoms with Crippen molar-refractivity contribution in [1.82, 2.24) is 0 Å². The fourth-order valence-electron chi connectivity index (χ4n) is 1.93. The zero-order valence-corrected chi connectivity index (χ0v) is 9.50. The van der Waals surface area contributed by atoms with Gasteiger partial charge in [-0.1, -0.05) is 0 Å². The highest BCUT2D eigenvalue weighted by molar-refractivity contribution is 6.00. The molecule has 0 aromatic heterocycles. The minimum Gasteiger partial charge on any atom is -0.481 e. The number of nitrogens with zero attached hydrogens (tertiary/aromatic N) is 1. The third-order valence-corrected chi connectivity index (χ3v) is 2.94. The Morgan fingerprint density at radius 1 is 1.28 bits per heavy atom. The fraction of sp³-hybridized carbons (Fsp3) is 0.250. The van der Waals surface area contributed by atoms with Crippen molar-refractivity contribution in [2.45, 2.75) is 6.42 Å². The normalized spacial score (nSPS) is 19.0. The van der Waals surface area contributed by atoms with Gasteiger partial charge in [0, 0.05) is 24.2 Å². The lowest BCUT2D eigenvalue weighted by atomic mass is 10.1. The largest absolute Gasteiger partial charge is 0.481 e. The Hall–Kier alpha value is -2.37. The van der Waals surface area contributed by atoms with E-state index in [9.17, 15) is 14.4 Å². The Morgan fingerprint density at radius 2 is 1.89 bits per heavy atom. The number of hydrogen-bond acceptors (Lipinski definition) is 3. The van der Waals surface area contributed by atoms with Crippen molar-refractivity contribution in [3.8, 4) is 0 Å². The number of anilines is 1. The van der Waals surface area contributed by atoms with Gasteiger partial charge in [-0.05, 0) is 24.3 Å². The van der Waals surface area contributed by atoms with Crippen LogP contribution < -0.4 is 10.6 Å². The average molecular weight is 248 g/mol. The zero-order chi connectivity index (χ0) is 13.3. The van der Waals surface area contributed by atoms with Gasteiger partial charge in [-0.15, -0.1) is 0 Å². The van der Waals surface area contributed by atoms with Gasteiger partial charge >= 0.3 is 5.97 Å². The van der Waals surface area contributed by atoms with E-state index in [0.717, 1.165) is 0 Å². The molecule has 1 aliphatic heterocycles. The third kappa shape index (κ3) is 2.17. The highest BCUT2D eigenvalue weighted by Crippen LogP contribution is 2.25. The predicted octanol–water partition coefficient (Wildman–Crippen LogP) is 0.223. The highest BCUT2D eigenvalue weighted by atomic mass is 16.4. The molecule has 0 saturated carbocycles. The van der Waals surface area contributed by atoms with E-state index < -0.39 is 17.8 Å². The van der Waals surface area contributed by atoms with Crippen molar-refractivity contribution in [1.29, 1.82) is 0 Å². The van der Waals surface area contributed by atoms with Crippen LogP contribution in [-0.4, -0.2) is 29.4 Å². The van der Waals surface area contributed by atoms with Gasteiger partial charge in [-0.2, -0.15) is 0 Å². The summed E-state index contributed by atoms with van der Waals surface area (Å²) >= 11 is 0. The van der Waals surface area contributed by atoms with Gasteiger partial charge in [0.1, 0.15) is 0 Å². The molecule has 2 amide bonds. The summed E-state index contributed by atoms with van der Waals surface area (Å²) in [5.74, 6) is -2.42. The number of rotatable bonds is 3. The number of amides is 2. The number of carboxylic acid groups (broad SMARTS) is 1. The molecule has 1 aliphatic rings. The number of carbonyl (C=O) groups is 3. The molecule has 6 heteroatoms. The second-order valence-electron chi connectivity index (χ2n) is 4.15. The Bertz CT molecular complexity index is 509. The van der Waals surface area contributed by atoms with Gasteiger partial charge < -0.3 is 15.7 Å². The van der Waals surface area contributed by atoms with E-state index in [4.69, 9.17) is 10.8 Å². The minimum atomic E-state index is -0.973. The van der Waals surface area contributed by atoms with Crippen LogP contribution in [0.2, 0.25) is 0 Å². The van der Waals surface area contributed by atoms with Gasteiger partial charge in [0.25, 0.3) is 0 Å². The van der Waals surface area contributed by atoms with Crippen LogP contribution in [0.15, 0.2) is 24.3 Å². The van der Waals surface area contributed by atoms with E-state index in [1.54, 1.807) is 12.1 Å². The SMILES string of the molecule is NC(=O)c1ccc(N2C[C@@H](C(=O)O)CC2=O)cc1. The summed E-state index contributed by atoms with van der Waals surface area (Å²) < 4.78 is 0. The lowest BCUT2D eigenvalue weighted by Crippen LogP contribution is -2.25. The first-order valence-electron chi connectivity index (χ1n) is 5.42. The number of hydrogen-bond donors (Lipinski definition) is 2. The van der Waals surface area contributed by atoms with Crippen LogP contribution >= 0.6 is 0 Å². The number of aliphatic carboxylic acids is 1. The molecule has 0 unspecified atom stereocenters. The number of carboxylic acids is 1. The van der Waals surface area contributed by atoms with Gasteiger partial charge in [0.2, 0.25) is 11.8 Å². The quantitative estimate of drug-likeness (QED) is 0.799. The monoisotopic (exact) mass is 248 g/mol. The van der Waals surface area contributed by atoms with E-state index in [1.165, 1.54) is 17.0 Å². The molecule has 1 heterocycles. The smallest absolute Gasteiger partial charge is 0.308 e. The van der Waals surface area contributed by atoms with Crippen molar-refractivity contribution in [3.63, 3.8) is 0 Å². The van der Waals surface area contributed by atoms with Crippen LogP contribution in [0, 0.1) is 5.92 Å². The van der Waals surface area contributed by atoms with Crippen molar-refractivity contribution in [2.24, 2.45) is 11.7 Å². The summed E-state index contributed by atoms with van der Waals surface area (Å²) in [7, 11) is 0. The van der Waals surface area contributed by atoms with Crippen LogP contribution in [0.25, 0.3) is 0 Å². The van der Waals surface area contributed by atoms with E-state index in [1.807, 2.05) is 0 Å². The summed E-state index contributed by atoms with van der Waals surface area (Å²) in [6.45, 7) is 0.157.